The average molecular weight is 619 g/mol. The second-order valence-corrected chi connectivity index (χ2v) is 9.77. The summed E-state index contributed by atoms with van der Waals surface area (Å²) in [7, 11) is 1.49. The topological polar surface area (TPSA) is 103 Å². The first-order chi connectivity index (χ1) is 19.4. The number of benzene rings is 4. The van der Waals surface area contributed by atoms with E-state index in [2.05, 4.69) is 21.0 Å². The van der Waals surface area contributed by atoms with Crippen molar-refractivity contribution in [2.75, 3.05) is 7.11 Å². The van der Waals surface area contributed by atoms with Crippen LogP contribution in [0.25, 0.3) is 22.3 Å². The third kappa shape index (κ3) is 5.47. The number of ether oxygens (including phenoxy) is 2. The maximum atomic E-state index is 13.4. The van der Waals surface area contributed by atoms with Crippen LogP contribution in [0.3, 0.4) is 0 Å². The summed E-state index contributed by atoms with van der Waals surface area (Å²) in [5.74, 6) is 0.0358. The Hall–Kier alpha value is -4.47. The molecule has 0 aliphatic carbocycles. The van der Waals surface area contributed by atoms with Gasteiger partial charge in [0.05, 0.1) is 29.8 Å². The molecular formula is C30H21BrClN3O5. The molecule has 0 fully saturated rings. The molecular weight excluding hydrogens is 598 g/mol. The largest absolute Gasteiger partial charge is 0.493 e. The zero-order valence-electron chi connectivity index (χ0n) is 21.0. The number of carboxylic acid groups (broad SMARTS) is 1. The maximum Gasteiger partial charge on any atom is 0.335 e. The van der Waals surface area contributed by atoms with Gasteiger partial charge in [-0.3, -0.25) is 4.79 Å². The normalized spacial score (nSPS) is 11.2. The number of carboxylic acids is 1. The van der Waals surface area contributed by atoms with Gasteiger partial charge in [0.2, 0.25) is 0 Å². The molecule has 0 amide bonds. The molecule has 0 atom stereocenters. The van der Waals surface area contributed by atoms with Gasteiger partial charge in [-0.1, -0.05) is 66.2 Å². The standard InChI is InChI=1S/C30H21BrClN3O5/c1-39-24-15-21(25(31)26(32)27(24)40-17-18-11-13-20(14-12-18)30(37)38)16-33-35-28(19-7-3-2-4-8-19)34-23-10-6-5-9-22(23)29(35)36/h2-16H,17H2,1H3,(H,37,38). The second-order valence-electron chi connectivity index (χ2n) is 8.60. The summed E-state index contributed by atoms with van der Waals surface area (Å²) in [5, 5.41) is 14.3. The van der Waals surface area contributed by atoms with Crippen LogP contribution in [-0.4, -0.2) is 34.1 Å². The highest BCUT2D eigenvalue weighted by Crippen LogP contribution is 2.42. The fraction of sp³-hybridized carbons (Fsp3) is 0.0667. The zero-order chi connectivity index (χ0) is 28.2. The minimum atomic E-state index is -1.00. The third-order valence-electron chi connectivity index (χ3n) is 6.06. The lowest BCUT2D eigenvalue weighted by Crippen LogP contribution is -2.20. The van der Waals surface area contributed by atoms with Crippen LogP contribution in [0.2, 0.25) is 5.02 Å². The fourth-order valence-electron chi connectivity index (χ4n) is 4.01. The molecule has 1 N–H and O–H groups in total. The van der Waals surface area contributed by atoms with Crippen molar-refractivity contribution in [3.05, 3.63) is 121 Å². The molecule has 4 aromatic carbocycles. The number of aromatic nitrogens is 2. The Labute approximate surface area is 242 Å². The summed E-state index contributed by atoms with van der Waals surface area (Å²) >= 11 is 10.2. The number of fused-ring (bicyclic) bond motifs is 1. The van der Waals surface area contributed by atoms with Crippen LogP contribution in [0.4, 0.5) is 0 Å². The van der Waals surface area contributed by atoms with E-state index >= 15 is 0 Å². The first-order valence-electron chi connectivity index (χ1n) is 12.0. The van der Waals surface area contributed by atoms with Crippen molar-refractivity contribution in [1.29, 1.82) is 0 Å². The Morgan fingerprint density at radius 2 is 1.77 bits per heavy atom. The van der Waals surface area contributed by atoms with E-state index in [1.807, 2.05) is 36.4 Å². The SMILES string of the molecule is COc1cc(C=Nn2c(-c3ccccc3)nc3ccccc3c2=O)c(Br)c(Cl)c1OCc1ccc(C(=O)O)cc1. The van der Waals surface area contributed by atoms with E-state index in [0.29, 0.717) is 38.3 Å². The van der Waals surface area contributed by atoms with Crippen LogP contribution in [0.15, 0.2) is 99.3 Å². The van der Waals surface area contributed by atoms with E-state index < -0.39 is 5.97 Å². The Morgan fingerprint density at radius 1 is 1.07 bits per heavy atom. The molecule has 200 valence electrons. The molecule has 0 radical (unpaired) electrons. The Morgan fingerprint density at radius 3 is 2.48 bits per heavy atom. The summed E-state index contributed by atoms with van der Waals surface area (Å²) < 4.78 is 13.2. The van der Waals surface area contributed by atoms with Gasteiger partial charge in [0.25, 0.3) is 5.56 Å². The van der Waals surface area contributed by atoms with Crippen LogP contribution in [0.1, 0.15) is 21.5 Å². The summed E-state index contributed by atoms with van der Waals surface area (Å²) in [6.45, 7) is 0.133. The van der Waals surface area contributed by atoms with E-state index in [0.717, 1.165) is 11.1 Å². The summed E-state index contributed by atoms with van der Waals surface area (Å²) in [5.41, 5.74) is 2.46. The number of aromatic carboxylic acids is 1. The minimum Gasteiger partial charge on any atom is -0.493 e. The van der Waals surface area contributed by atoms with Gasteiger partial charge < -0.3 is 14.6 Å². The minimum absolute atomic E-state index is 0.133. The van der Waals surface area contributed by atoms with Crippen molar-refractivity contribution < 1.29 is 19.4 Å². The average Bonchev–Trinajstić information content (AvgIpc) is 2.98. The quantitative estimate of drug-likeness (QED) is 0.195. The first kappa shape index (κ1) is 27.1. The van der Waals surface area contributed by atoms with Crippen LogP contribution < -0.4 is 15.0 Å². The monoisotopic (exact) mass is 617 g/mol. The van der Waals surface area contributed by atoms with Gasteiger partial charge in [0.15, 0.2) is 17.3 Å². The van der Waals surface area contributed by atoms with Crippen molar-refractivity contribution in [2.24, 2.45) is 5.10 Å². The van der Waals surface area contributed by atoms with Crippen LogP contribution in [-0.2, 0) is 6.61 Å². The number of para-hydroxylation sites is 1. The fourth-order valence-corrected chi connectivity index (χ4v) is 4.66. The van der Waals surface area contributed by atoms with Crippen molar-refractivity contribution in [2.45, 2.75) is 6.61 Å². The molecule has 0 saturated carbocycles. The molecule has 1 heterocycles. The van der Waals surface area contributed by atoms with Crippen molar-refractivity contribution in [3.63, 3.8) is 0 Å². The van der Waals surface area contributed by atoms with Gasteiger partial charge in [-0.05, 0) is 51.8 Å². The molecule has 0 bridgehead atoms. The first-order valence-corrected chi connectivity index (χ1v) is 13.2. The van der Waals surface area contributed by atoms with Crippen LogP contribution >= 0.6 is 27.5 Å². The maximum absolute atomic E-state index is 13.4. The molecule has 5 rings (SSSR count). The van der Waals surface area contributed by atoms with E-state index in [-0.39, 0.29) is 22.8 Å². The lowest BCUT2D eigenvalue weighted by atomic mass is 10.1. The molecule has 0 aliphatic rings. The van der Waals surface area contributed by atoms with Gasteiger partial charge in [0, 0.05) is 15.6 Å². The van der Waals surface area contributed by atoms with E-state index in [1.54, 1.807) is 36.4 Å². The lowest BCUT2D eigenvalue weighted by Gasteiger charge is -2.15. The predicted molar refractivity (Wildman–Crippen MR) is 158 cm³/mol. The molecule has 10 heteroatoms. The van der Waals surface area contributed by atoms with Crippen molar-refractivity contribution in [3.8, 4) is 22.9 Å². The second kappa shape index (κ2) is 11.7. The molecule has 40 heavy (non-hydrogen) atoms. The summed E-state index contributed by atoms with van der Waals surface area (Å²) in [4.78, 5) is 29.3. The third-order valence-corrected chi connectivity index (χ3v) is 7.50. The van der Waals surface area contributed by atoms with Gasteiger partial charge in [-0.15, -0.1) is 0 Å². The number of methoxy groups -OCH3 is 1. The molecule has 0 aliphatic heterocycles. The van der Waals surface area contributed by atoms with E-state index in [1.165, 1.54) is 30.1 Å². The number of rotatable bonds is 8. The van der Waals surface area contributed by atoms with Crippen molar-refractivity contribution >= 4 is 50.6 Å². The predicted octanol–water partition coefficient (Wildman–Crippen LogP) is 6.65. The Bertz CT molecular complexity index is 1810. The summed E-state index contributed by atoms with van der Waals surface area (Å²) in [6.07, 6.45) is 1.50. The van der Waals surface area contributed by atoms with Gasteiger partial charge in [0.1, 0.15) is 11.6 Å². The van der Waals surface area contributed by atoms with E-state index in [9.17, 15) is 9.59 Å². The van der Waals surface area contributed by atoms with E-state index in [4.69, 9.17) is 31.2 Å². The number of hydrogen-bond donors (Lipinski definition) is 1. The van der Waals surface area contributed by atoms with Gasteiger partial charge in [-0.25, -0.2) is 9.78 Å². The highest BCUT2D eigenvalue weighted by molar-refractivity contribution is 9.10. The molecule has 0 saturated heterocycles. The van der Waals surface area contributed by atoms with Crippen LogP contribution in [0, 0.1) is 0 Å². The number of nitrogens with zero attached hydrogens (tertiary/aromatic N) is 3. The number of carbonyl (C=O) groups is 1. The number of hydrogen-bond acceptors (Lipinski definition) is 6. The molecule has 0 unspecified atom stereocenters. The van der Waals surface area contributed by atoms with Crippen LogP contribution in [0.5, 0.6) is 11.5 Å². The Balaban J connectivity index is 1.51. The molecule has 8 nitrogen and oxygen atoms in total. The number of halogens is 2. The molecule has 5 aromatic rings. The highest BCUT2D eigenvalue weighted by atomic mass is 79.9. The Kier molecular flexibility index (Phi) is 7.95. The zero-order valence-corrected chi connectivity index (χ0v) is 23.4. The lowest BCUT2D eigenvalue weighted by molar-refractivity contribution is 0.0697. The highest BCUT2D eigenvalue weighted by Gasteiger charge is 2.18. The summed E-state index contributed by atoms with van der Waals surface area (Å²) in [6, 6.07) is 24.5. The van der Waals surface area contributed by atoms with Gasteiger partial charge >= 0.3 is 5.97 Å². The van der Waals surface area contributed by atoms with Crippen molar-refractivity contribution in [1.82, 2.24) is 9.66 Å². The molecule has 0 spiro atoms. The molecule has 1 aromatic heterocycles. The smallest absolute Gasteiger partial charge is 0.335 e. The van der Waals surface area contributed by atoms with Gasteiger partial charge in [-0.2, -0.15) is 9.78 Å².